The lowest BCUT2D eigenvalue weighted by Gasteiger charge is -2.39. The maximum absolute atomic E-state index is 12.2. The van der Waals surface area contributed by atoms with Crippen LogP contribution < -0.4 is 0 Å². The number of carbonyl (C=O) groups excluding carboxylic acids is 1. The molecule has 2 aliphatic carbocycles. The van der Waals surface area contributed by atoms with Crippen molar-refractivity contribution in [2.45, 2.75) is 85.2 Å². The summed E-state index contributed by atoms with van der Waals surface area (Å²) < 4.78 is 5.76. The largest absolute Gasteiger partial charge is 0.457 e. The van der Waals surface area contributed by atoms with Crippen LogP contribution in [0.1, 0.15) is 79.1 Å². The van der Waals surface area contributed by atoms with Gasteiger partial charge in [0.25, 0.3) is 0 Å². The van der Waals surface area contributed by atoms with Gasteiger partial charge in [-0.2, -0.15) is 0 Å². The van der Waals surface area contributed by atoms with Crippen molar-refractivity contribution in [3.63, 3.8) is 0 Å². The minimum atomic E-state index is -0.440. The Morgan fingerprint density at radius 2 is 1.52 bits per heavy atom. The van der Waals surface area contributed by atoms with Crippen molar-refractivity contribution >= 4 is 5.97 Å². The Hall–Kier alpha value is -1.05. The van der Waals surface area contributed by atoms with E-state index in [0.29, 0.717) is 5.92 Å². The molecule has 0 aromatic rings. The van der Waals surface area contributed by atoms with Crippen LogP contribution >= 0.6 is 0 Å². The van der Waals surface area contributed by atoms with Gasteiger partial charge in [-0.1, -0.05) is 24.8 Å². The van der Waals surface area contributed by atoms with E-state index in [4.69, 9.17) is 4.74 Å². The lowest BCUT2D eigenvalue weighted by atomic mass is 9.68. The van der Waals surface area contributed by atoms with Crippen LogP contribution in [0.4, 0.5) is 0 Å². The Morgan fingerprint density at radius 3 is 1.96 bits per heavy atom. The second kappa shape index (κ2) is 9.05. The van der Waals surface area contributed by atoms with Crippen LogP contribution in [-0.4, -0.2) is 12.1 Å². The molecule has 1 unspecified atom stereocenters. The van der Waals surface area contributed by atoms with Gasteiger partial charge in [-0.15, -0.1) is 0 Å². The van der Waals surface area contributed by atoms with E-state index in [2.05, 4.69) is 25.7 Å². The average molecular weight is 347 g/mol. The highest BCUT2D eigenvalue weighted by atomic mass is 16.5. The molecule has 0 N–H and O–H groups in total. The van der Waals surface area contributed by atoms with Gasteiger partial charge in [-0.05, 0) is 103 Å². The van der Waals surface area contributed by atoms with Crippen molar-refractivity contribution in [2.24, 2.45) is 29.1 Å². The molecular weight excluding hydrogens is 308 g/mol. The summed E-state index contributed by atoms with van der Waals surface area (Å²) in [5, 5.41) is 0. The molecule has 0 aromatic heterocycles. The molecule has 0 saturated heterocycles. The number of esters is 1. The lowest BCUT2D eigenvalue weighted by molar-refractivity contribution is -0.159. The molecule has 2 aliphatic rings. The quantitative estimate of drug-likeness (QED) is 0.430. The molecule has 0 radical (unpaired) electrons. The fraction of sp³-hybridized carbons (Fsp3) is 0.783. The van der Waals surface area contributed by atoms with Crippen molar-refractivity contribution in [1.82, 2.24) is 0 Å². The fourth-order valence-corrected chi connectivity index (χ4v) is 4.66. The van der Waals surface area contributed by atoms with Crippen molar-refractivity contribution in [2.75, 3.05) is 0 Å². The van der Waals surface area contributed by atoms with Crippen LogP contribution in [0.25, 0.3) is 0 Å². The van der Waals surface area contributed by atoms with Crippen molar-refractivity contribution < 1.29 is 9.53 Å². The Morgan fingerprint density at radius 1 is 1.00 bits per heavy atom. The first-order chi connectivity index (χ1) is 11.8. The van der Waals surface area contributed by atoms with E-state index >= 15 is 0 Å². The van der Waals surface area contributed by atoms with Gasteiger partial charge >= 0.3 is 5.97 Å². The minimum absolute atomic E-state index is 0.109. The topological polar surface area (TPSA) is 26.3 Å². The molecule has 0 bridgehead atoms. The molecule has 0 amide bonds. The summed E-state index contributed by atoms with van der Waals surface area (Å²) in [4.78, 5) is 12.2. The molecule has 25 heavy (non-hydrogen) atoms. The zero-order chi connectivity index (χ0) is 18.4. The third-order valence-electron chi connectivity index (χ3n) is 6.32. The molecule has 142 valence electrons. The Kier molecular flexibility index (Phi) is 7.34. The zero-order valence-corrected chi connectivity index (χ0v) is 16.8. The number of hydrogen-bond acceptors (Lipinski definition) is 2. The van der Waals surface area contributed by atoms with E-state index in [-0.39, 0.29) is 12.1 Å². The summed E-state index contributed by atoms with van der Waals surface area (Å²) in [5.41, 5.74) is -0.440. The maximum Gasteiger partial charge on any atom is 0.311 e. The SMILES string of the molecule is C=CC(OC(=O)C(C)(C)C)C1CCC(C2CCC(/C=C/C)CC2)CC1. The van der Waals surface area contributed by atoms with Gasteiger partial charge in [0.15, 0.2) is 0 Å². The summed E-state index contributed by atoms with van der Waals surface area (Å²) in [6.45, 7) is 11.8. The van der Waals surface area contributed by atoms with E-state index in [1.165, 1.54) is 51.4 Å². The molecule has 2 saturated carbocycles. The van der Waals surface area contributed by atoms with Crippen LogP contribution in [0.15, 0.2) is 24.8 Å². The van der Waals surface area contributed by atoms with Crippen LogP contribution in [0.2, 0.25) is 0 Å². The standard InChI is InChI=1S/C23H38O2/c1-6-8-17-9-11-18(12-10-17)19-13-15-20(16-14-19)21(7-2)25-22(24)23(3,4)5/h6-8,17-21H,2,9-16H2,1,3-5H3/b8-6+. The van der Waals surface area contributed by atoms with Gasteiger partial charge in [0, 0.05) is 0 Å². The van der Waals surface area contributed by atoms with E-state index in [0.717, 1.165) is 17.8 Å². The van der Waals surface area contributed by atoms with E-state index in [9.17, 15) is 4.79 Å². The summed E-state index contributed by atoms with van der Waals surface area (Å²) in [6.07, 6.45) is 16.8. The molecule has 2 heteroatoms. The van der Waals surface area contributed by atoms with Gasteiger partial charge < -0.3 is 4.74 Å². The highest BCUT2D eigenvalue weighted by Crippen LogP contribution is 2.42. The van der Waals surface area contributed by atoms with E-state index in [1.54, 1.807) is 0 Å². The summed E-state index contributed by atoms with van der Waals surface area (Å²) in [5.74, 6) is 2.97. The Balaban J connectivity index is 1.80. The predicted molar refractivity (Wildman–Crippen MR) is 105 cm³/mol. The highest BCUT2D eigenvalue weighted by Gasteiger charge is 2.34. The molecular formula is C23H38O2. The zero-order valence-electron chi connectivity index (χ0n) is 16.8. The average Bonchev–Trinajstić information content (AvgIpc) is 2.60. The first-order valence-electron chi connectivity index (χ1n) is 10.3. The second-order valence-corrected chi connectivity index (χ2v) is 9.23. The van der Waals surface area contributed by atoms with E-state index in [1.807, 2.05) is 26.8 Å². The minimum Gasteiger partial charge on any atom is -0.457 e. The fourth-order valence-electron chi connectivity index (χ4n) is 4.66. The molecule has 2 rings (SSSR count). The molecule has 2 nitrogen and oxygen atoms in total. The molecule has 1 atom stereocenters. The van der Waals surface area contributed by atoms with Gasteiger partial charge in [-0.3, -0.25) is 4.79 Å². The maximum atomic E-state index is 12.2. The number of rotatable bonds is 5. The Bertz CT molecular complexity index is 455. The number of ether oxygens (including phenoxy) is 1. The van der Waals surface area contributed by atoms with Crippen LogP contribution in [-0.2, 0) is 9.53 Å². The number of hydrogen-bond donors (Lipinski definition) is 0. The van der Waals surface area contributed by atoms with Crippen LogP contribution in [0.5, 0.6) is 0 Å². The van der Waals surface area contributed by atoms with Crippen molar-refractivity contribution in [3.8, 4) is 0 Å². The van der Waals surface area contributed by atoms with Gasteiger partial charge in [0.2, 0.25) is 0 Å². The molecule has 0 heterocycles. The molecule has 0 aliphatic heterocycles. The third-order valence-corrected chi connectivity index (χ3v) is 6.32. The van der Waals surface area contributed by atoms with Gasteiger partial charge in [0.1, 0.15) is 6.10 Å². The van der Waals surface area contributed by atoms with Crippen molar-refractivity contribution in [1.29, 1.82) is 0 Å². The van der Waals surface area contributed by atoms with Gasteiger partial charge in [0.05, 0.1) is 5.41 Å². The normalized spacial score (nSPS) is 32.3. The van der Waals surface area contributed by atoms with Gasteiger partial charge in [-0.25, -0.2) is 0 Å². The highest BCUT2D eigenvalue weighted by molar-refractivity contribution is 5.75. The Labute approximate surface area is 155 Å². The molecule has 0 aromatic carbocycles. The number of allylic oxidation sites excluding steroid dienone is 2. The third kappa shape index (κ3) is 5.72. The summed E-state index contributed by atoms with van der Waals surface area (Å²) >= 11 is 0. The summed E-state index contributed by atoms with van der Waals surface area (Å²) in [6, 6.07) is 0. The number of carbonyl (C=O) groups is 1. The molecule has 0 spiro atoms. The smallest absolute Gasteiger partial charge is 0.311 e. The van der Waals surface area contributed by atoms with Crippen LogP contribution in [0.3, 0.4) is 0 Å². The second-order valence-electron chi connectivity index (χ2n) is 9.23. The van der Waals surface area contributed by atoms with E-state index < -0.39 is 5.41 Å². The van der Waals surface area contributed by atoms with Crippen molar-refractivity contribution in [3.05, 3.63) is 24.8 Å². The molecule has 2 fully saturated rings. The first kappa shape index (κ1) is 20.3. The summed E-state index contributed by atoms with van der Waals surface area (Å²) in [7, 11) is 0. The first-order valence-corrected chi connectivity index (χ1v) is 10.3. The van der Waals surface area contributed by atoms with Crippen LogP contribution in [0, 0.1) is 29.1 Å². The monoisotopic (exact) mass is 346 g/mol. The lowest BCUT2D eigenvalue weighted by Crippen LogP contribution is -2.34. The predicted octanol–water partition coefficient (Wildman–Crippen LogP) is 6.32.